The molecule has 0 amide bonds. The molecule has 1 atom stereocenters. The van der Waals surface area contributed by atoms with E-state index >= 15 is 0 Å². The van der Waals surface area contributed by atoms with E-state index in [4.69, 9.17) is 4.74 Å². The number of hydrogen-bond donors (Lipinski definition) is 2. The van der Waals surface area contributed by atoms with Gasteiger partial charge in [-0.3, -0.25) is 0 Å². The predicted octanol–water partition coefficient (Wildman–Crippen LogP) is 0.909. The van der Waals surface area contributed by atoms with Crippen molar-refractivity contribution < 1.29 is 13.2 Å². The molecular weight excluding hydrogens is 276 g/mol. The molecule has 0 saturated heterocycles. The lowest BCUT2D eigenvalue weighted by atomic mass is 10.1. The van der Waals surface area contributed by atoms with E-state index in [9.17, 15) is 8.42 Å². The second-order valence-corrected chi connectivity index (χ2v) is 6.96. The maximum Gasteiger partial charge on any atom is 0.211 e. The van der Waals surface area contributed by atoms with Crippen molar-refractivity contribution in [2.75, 3.05) is 25.9 Å². The van der Waals surface area contributed by atoms with Crippen LogP contribution in [-0.4, -0.2) is 40.4 Å². The molecule has 0 aromatic heterocycles. The van der Waals surface area contributed by atoms with Crippen molar-refractivity contribution in [2.45, 2.75) is 25.4 Å². The predicted molar refractivity (Wildman–Crippen MR) is 79.5 cm³/mol. The first-order valence-electron chi connectivity index (χ1n) is 6.97. The van der Waals surface area contributed by atoms with Gasteiger partial charge >= 0.3 is 0 Å². The second-order valence-electron chi connectivity index (χ2n) is 5.03. The van der Waals surface area contributed by atoms with Crippen LogP contribution in [0.25, 0.3) is 0 Å². The molecule has 20 heavy (non-hydrogen) atoms. The van der Waals surface area contributed by atoms with Crippen LogP contribution < -0.4 is 14.8 Å². The van der Waals surface area contributed by atoms with E-state index in [1.54, 1.807) is 0 Å². The zero-order valence-electron chi connectivity index (χ0n) is 11.8. The fraction of sp³-hybridized carbons (Fsp3) is 0.571. The van der Waals surface area contributed by atoms with Crippen molar-refractivity contribution in [1.29, 1.82) is 0 Å². The molecule has 1 heterocycles. The highest BCUT2D eigenvalue weighted by molar-refractivity contribution is 7.89. The monoisotopic (exact) mass is 298 g/mol. The zero-order chi connectivity index (χ0) is 14.4. The molecule has 0 spiro atoms. The van der Waals surface area contributed by atoms with Crippen molar-refractivity contribution in [3.8, 4) is 5.75 Å². The highest BCUT2D eigenvalue weighted by Crippen LogP contribution is 2.27. The molecule has 1 aliphatic rings. The highest BCUT2D eigenvalue weighted by atomic mass is 32.2. The third kappa shape index (κ3) is 4.47. The van der Waals surface area contributed by atoms with Gasteiger partial charge in [0.25, 0.3) is 0 Å². The minimum Gasteiger partial charge on any atom is -0.488 e. The molecule has 0 saturated carbocycles. The Morgan fingerprint density at radius 3 is 2.85 bits per heavy atom. The third-order valence-corrected chi connectivity index (χ3v) is 4.77. The van der Waals surface area contributed by atoms with Gasteiger partial charge in [0, 0.05) is 13.0 Å². The Morgan fingerprint density at radius 2 is 2.10 bits per heavy atom. The van der Waals surface area contributed by atoms with E-state index in [0.717, 1.165) is 30.7 Å². The van der Waals surface area contributed by atoms with Gasteiger partial charge in [-0.15, -0.1) is 0 Å². The Kier molecular flexibility index (Phi) is 5.39. The molecule has 2 N–H and O–H groups in total. The lowest BCUT2D eigenvalue weighted by molar-refractivity contribution is 0.236. The minimum absolute atomic E-state index is 0.0977. The summed E-state index contributed by atoms with van der Waals surface area (Å²) >= 11 is 0. The van der Waals surface area contributed by atoms with Gasteiger partial charge in [0.05, 0.1) is 5.75 Å². The van der Waals surface area contributed by atoms with E-state index in [1.807, 2.05) is 31.3 Å². The number of ether oxygens (including phenoxy) is 1. The molecule has 0 fully saturated rings. The van der Waals surface area contributed by atoms with Gasteiger partial charge in [-0.2, -0.15) is 0 Å². The summed E-state index contributed by atoms with van der Waals surface area (Å²) in [6.45, 7) is 1.18. The number of sulfonamides is 1. The van der Waals surface area contributed by atoms with Gasteiger partial charge in [0.15, 0.2) is 0 Å². The van der Waals surface area contributed by atoms with Crippen LogP contribution in [0.15, 0.2) is 24.3 Å². The van der Waals surface area contributed by atoms with Gasteiger partial charge in [0.1, 0.15) is 11.9 Å². The summed E-state index contributed by atoms with van der Waals surface area (Å²) < 4.78 is 32.0. The second kappa shape index (κ2) is 7.06. The average molecular weight is 298 g/mol. The largest absolute Gasteiger partial charge is 0.488 e. The van der Waals surface area contributed by atoms with E-state index in [-0.39, 0.29) is 11.9 Å². The summed E-state index contributed by atoms with van der Waals surface area (Å²) in [6.07, 6.45) is 2.20. The average Bonchev–Trinajstić information content (AvgIpc) is 2.84. The standard InChI is InChI=1S/C14H22N2O3S/c1-15-8-4-5-9-20(17,18)16-11-13-10-12-6-2-3-7-14(12)19-13/h2-3,6-7,13,15-16H,4-5,8-11H2,1H3. The molecular formula is C14H22N2O3S. The first-order valence-corrected chi connectivity index (χ1v) is 8.62. The van der Waals surface area contributed by atoms with E-state index in [2.05, 4.69) is 10.0 Å². The third-order valence-electron chi connectivity index (χ3n) is 3.33. The van der Waals surface area contributed by atoms with Crippen LogP contribution in [0, 0.1) is 0 Å². The van der Waals surface area contributed by atoms with Crippen molar-refractivity contribution in [1.82, 2.24) is 10.0 Å². The van der Waals surface area contributed by atoms with E-state index < -0.39 is 10.0 Å². The summed E-state index contributed by atoms with van der Waals surface area (Å²) in [6, 6.07) is 7.83. The van der Waals surface area contributed by atoms with Gasteiger partial charge < -0.3 is 10.1 Å². The minimum atomic E-state index is -3.19. The molecule has 112 valence electrons. The number of fused-ring (bicyclic) bond motifs is 1. The SMILES string of the molecule is CNCCCCS(=O)(=O)NCC1Cc2ccccc2O1. The Balaban J connectivity index is 1.73. The fourth-order valence-electron chi connectivity index (χ4n) is 2.25. The molecule has 1 aromatic rings. The summed E-state index contributed by atoms with van der Waals surface area (Å²) in [4.78, 5) is 0. The molecule has 2 rings (SSSR count). The van der Waals surface area contributed by atoms with Crippen LogP contribution >= 0.6 is 0 Å². The van der Waals surface area contributed by atoms with Crippen molar-refractivity contribution >= 4 is 10.0 Å². The fourth-order valence-corrected chi connectivity index (χ4v) is 3.42. The topological polar surface area (TPSA) is 67.4 Å². The maximum atomic E-state index is 11.8. The lowest BCUT2D eigenvalue weighted by Gasteiger charge is -2.12. The Bertz CT molecular complexity index is 506. The smallest absolute Gasteiger partial charge is 0.211 e. The molecule has 0 aliphatic carbocycles. The quantitative estimate of drug-likeness (QED) is 0.700. The normalized spacial score (nSPS) is 17.8. The summed E-state index contributed by atoms with van der Waals surface area (Å²) in [7, 11) is -1.33. The molecule has 1 aliphatic heterocycles. The van der Waals surface area contributed by atoms with Gasteiger partial charge in [-0.05, 0) is 38.1 Å². The molecule has 1 unspecified atom stereocenters. The number of nitrogens with one attached hydrogen (secondary N) is 2. The van der Waals surface area contributed by atoms with Crippen LogP contribution in [0.3, 0.4) is 0 Å². The van der Waals surface area contributed by atoms with Crippen molar-refractivity contribution in [3.05, 3.63) is 29.8 Å². The Hall–Kier alpha value is -1.11. The van der Waals surface area contributed by atoms with Crippen LogP contribution in [0.1, 0.15) is 18.4 Å². The maximum absolute atomic E-state index is 11.8. The summed E-state index contributed by atoms with van der Waals surface area (Å²) in [5.41, 5.74) is 1.14. The lowest BCUT2D eigenvalue weighted by Crippen LogP contribution is -2.35. The number of rotatable bonds is 8. The highest BCUT2D eigenvalue weighted by Gasteiger charge is 2.23. The number of para-hydroxylation sites is 1. The van der Waals surface area contributed by atoms with Crippen molar-refractivity contribution in [2.24, 2.45) is 0 Å². The molecule has 6 heteroatoms. The van der Waals surface area contributed by atoms with Gasteiger partial charge in [-0.1, -0.05) is 18.2 Å². The molecule has 0 bridgehead atoms. The molecule has 1 aromatic carbocycles. The number of hydrogen-bond acceptors (Lipinski definition) is 4. The summed E-state index contributed by atoms with van der Waals surface area (Å²) in [5.74, 6) is 1.04. The van der Waals surface area contributed by atoms with Gasteiger partial charge in [0.2, 0.25) is 10.0 Å². The van der Waals surface area contributed by atoms with E-state index in [0.29, 0.717) is 13.0 Å². The van der Waals surface area contributed by atoms with Crippen LogP contribution in [0.4, 0.5) is 0 Å². The first kappa shape index (κ1) is 15.3. The van der Waals surface area contributed by atoms with E-state index in [1.165, 1.54) is 0 Å². The van der Waals surface area contributed by atoms with Gasteiger partial charge in [-0.25, -0.2) is 13.1 Å². The number of unbranched alkanes of at least 4 members (excludes halogenated alkanes) is 1. The molecule has 5 nitrogen and oxygen atoms in total. The van der Waals surface area contributed by atoms with Crippen LogP contribution in [0.2, 0.25) is 0 Å². The Morgan fingerprint density at radius 1 is 1.30 bits per heavy atom. The Labute approximate surface area is 120 Å². The molecule has 0 radical (unpaired) electrons. The van der Waals surface area contributed by atoms with Crippen molar-refractivity contribution in [3.63, 3.8) is 0 Å². The zero-order valence-corrected chi connectivity index (χ0v) is 12.6. The first-order chi connectivity index (χ1) is 9.61. The van der Waals surface area contributed by atoms with Crippen LogP contribution in [0.5, 0.6) is 5.75 Å². The summed E-state index contributed by atoms with van der Waals surface area (Å²) in [5, 5.41) is 3.01. The number of benzene rings is 1. The van der Waals surface area contributed by atoms with Crippen LogP contribution in [-0.2, 0) is 16.4 Å².